The van der Waals surface area contributed by atoms with E-state index in [1.165, 1.54) is 30.5 Å². The second-order valence-electron chi connectivity index (χ2n) is 15.2. The summed E-state index contributed by atoms with van der Waals surface area (Å²) in [6.07, 6.45) is 8.09. The molecule has 0 bridgehead atoms. The number of nitrogens with zero attached hydrogens (tertiary/aromatic N) is 6. The first-order valence-corrected chi connectivity index (χ1v) is 18.1. The largest absolute Gasteiger partial charge is 0.423 e. The summed E-state index contributed by atoms with van der Waals surface area (Å²) < 4.78 is 8.18. The van der Waals surface area contributed by atoms with Gasteiger partial charge in [-0.2, -0.15) is 4.68 Å². The topological polar surface area (TPSA) is 76.4 Å². The van der Waals surface area contributed by atoms with Crippen LogP contribution >= 0.6 is 0 Å². The molecule has 48 heavy (non-hydrogen) atoms. The summed E-state index contributed by atoms with van der Waals surface area (Å²) in [6, 6.07) is 27.3. The van der Waals surface area contributed by atoms with Crippen molar-refractivity contribution in [1.29, 1.82) is 0 Å². The van der Waals surface area contributed by atoms with Gasteiger partial charge in [-0.3, -0.25) is 9.69 Å². The highest BCUT2D eigenvalue weighted by molar-refractivity contribution is 5.94. The Morgan fingerprint density at radius 2 is 1.79 bits per heavy atom. The van der Waals surface area contributed by atoms with Crippen LogP contribution in [0.2, 0.25) is 0 Å². The predicted molar refractivity (Wildman–Crippen MR) is 186 cm³/mol. The van der Waals surface area contributed by atoms with Crippen LogP contribution in [-0.4, -0.2) is 68.1 Å². The second-order valence-corrected chi connectivity index (χ2v) is 15.2. The summed E-state index contributed by atoms with van der Waals surface area (Å²) in [5.74, 6) is 2.55. The zero-order valence-corrected chi connectivity index (χ0v) is 28.8. The lowest BCUT2D eigenvalue weighted by Crippen LogP contribution is -2.66. The number of hydrogen-bond acceptors (Lipinski definition) is 6. The number of amides is 1. The summed E-state index contributed by atoms with van der Waals surface area (Å²) >= 11 is 0. The molecule has 3 fully saturated rings. The van der Waals surface area contributed by atoms with E-state index >= 15 is 0 Å². The number of piperidine rings is 1. The van der Waals surface area contributed by atoms with Crippen LogP contribution < -0.4 is 4.74 Å². The van der Waals surface area contributed by atoms with Crippen molar-refractivity contribution in [2.45, 2.75) is 83.2 Å². The maximum Gasteiger partial charge on any atom is 0.345 e. The van der Waals surface area contributed by atoms with E-state index in [1.54, 1.807) is 4.68 Å². The first-order valence-electron chi connectivity index (χ1n) is 18.1. The summed E-state index contributed by atoms with van der Waals surface area (Å²) in [4.78, 5) is 19.0. The lowest BCUT2D eigenvalue weighted by atomic mass is 9.50. The SMILES string of the molecule is CCCC(C1CCC2(C)C(C)N(CC3CC3)CC3Cc4ccc(Oc5nnnn5-c5ccccc5)cc4C312)N(C)C(=O)c1ccccc1. The normalized spacial score (nSPS) is 28.4. The highest BCUT2D eigenvalue weighted by Crippen LogP contribution is 2.70. The van der Waals surface area contributed by atoms with Crippen LogP contribution in [0.25, 0.3) is 5.69 Å². The fraction of sp³-hybridized carbons (Fsp3) is 0.500. The molecule has 0 radical (unpaired) electrons. The van der Waals surface area contributed by atoms with E-state index in [-0.39, 0.29) is 22.8 Å². The Morgan fingerprint density at radius 3 is 2.52 bits per heavy atom. The van der Waals surface area contributed by atoms with Gasteiger partial charge >= 0.3 is 6.01 Å². The van der Waals surface area contributed by atoms with E-state index < -0.39 is 0 Å². The van der Waals surface area contributed by atoms with Crippen LogP contribution in [0.5, 0.6) is 11.8 Å². The third-order valence-electron chi connectivity index (χ3n) is 12.8. The van der Waals surface area contributed by atoms with Gasteiger partial charge in [-0.05, 0) is 127 Å². The van der Waals surface area contributed by atoms with Crippen molar-refractivity contribution >= 4 is 5.91 Å². The number of carbonyl (C=O) groups is 1. The average Bonchev–Trinajstić information content (AvgIpc) is 3.57. The summed E-state index contributed by atoms with van der Waals surface area (Å²) in [6.45, 7) is 9.68. The summed E-state index contributed by atoms with van der Waals surface area (Å²) in [7, 11) is 2.06. The summed E-state index contributed by atoms with van der Waals surface area (Å²) in [5, 5.41) is 12.5. The van der Waals surface area contributed by atoms with Crippen molar-refractivity contribution < 1.29 is 9.53 Å². The average molecular weight is 645 g/mol. The lowest BCUT2D eigenvalue weighted by Gasteiger charge is -2.61. The van der Waals surface area contributed by atoms with Crippen LogP contribution in [0, 0.1) is 23.2 Å². The molecule has 2 saturated carbocycles. The van der Waals surface area contributed by atoms with Crippen LogP contribution in [0.1, 0.15) is 80.8 Å². The van der Waals surface area contributed by atoms with E-state index in [0.717, 1.165) is 61.6 Å². The van der Waals surface area contributed by atoms with Crippen molar-refractivity contribution in [3.8, 4) is 17.4 Å². The molecule has 2 heterocycles. The van der Waals surface area contributed by atoms with Crippen LogP contribution in [-0.2, 0) is 11.8 Å². The molecule has 6 atom stereocenters. The molecule has 3 aromatic carbocycles. The molecule has 8 heteroatoms. The first-order chi connectivity index (χ1) is 23.3. The minimum atomic E-state index is -0.0857. The molecular formula is C40H48N6O2. The van der Waals surface area contributed by atoms with Gasteiger partial charge in [0.05, 0.1) is 5.69 Å². The van der Waals surface area contributed by atoms with Gasteiger partial charge in [0.25, 0.3) is 5.91 Å². The molecule has 1 saturated heterocycles. The molecule has 6 unspecified atom stereocenters. The standard InChI is InChI=1S/C40H48N6O2/c1-5-12-36(44(4)37(47)29-13-8-6-9-14-29)34-21-22-39(3)27(2)45(25-28-17-18-28)26-31-23-30-19-20-33(24-35(30)40(31,34)39)48-38-41-42-43-46(38)32-15-10-7-11-16-32/h6-11,13-16,19-20,24,27-28,31,34,36H,5,12,17-18,21-23,25-26H2,1-4H3. The Kier molecular flexibility index (Phi) is 7.90. The van der Waals surface area contributed by atoms with Gasteiger partial charge in [0, 0.05) is 43.2 Å². The minimum Gasteiger partial charge on any atom is -0.423 e. The van der Waals surface area contributed by atoms with Gasteiger partial charge in [0.15, 0.2) is 0 Å². The smallest absolute Gasteiger partial charge is 0.345 e. The number of carbonyl (C=O) groups excluding carboxylic acids is 1. The highest BCUT2D eigenvalue weighted by atomic mass is 16.5. The maximum atomic E-state index is 14.1. The Bertz CT molecular complexity index is 1770. The molecule has 3 aliphatic carbocycles. The number of ether oxygens (including phenoxy) is 1. The number of rotatable bonds is 10. The van der Waals surface area contributed by atoms with Crippen molar-refractivity contribution in [1.82, 2.24) is 30.0 Å². The molecule has 8 nitrogen and oxygen atoms in total. The predicted octanol–water partition coefficient (Wildman–Crippen LogP) is 7.34. The van der Waals surface area contributed by atoms with Gasteiger partial charge in [-0.1, -0.05) is 67.8 Å². The van der Waals surface area contributed by atoms with E-state index in [4.69, 9.17) is 4.74 Å². The molecule has 1 spiro atoms. The number of hydrogen-bond donors (Lipinski definition) is 0. The highest BCUT2D eigenvalue weighted by Gasteiger charge is 2.70. The quantitative estimate of drug-likeness (QED) is 0.180. The molecule has 8 rings (SSSR count). The van der Waals surface area contributed by atoms with Crippen molar-refractivity contribution in [2.75, 3.05) is 20.1 Å². The number of benzene rings is 3. The van der Waals surface area contributed by atoms with E-state index in [0.29, 0.717) is 23.9 Å². The van der Waals surface area contributed by atoms with Crippen LogP contribution in [0.15, 0.2) is 78.9 Å². The Hall–Kier alpha value is -4.04. The molecule has 1 aromatic heterocycles. The fourth-order valence-electron chi connectivity index (χ4n) is 10.4. The number of fused-ring (bicyclic) bond motifs is 1. The maximum absolute atomic E-state index is 14.1. The number of para-hydroxylation sites is 1. The molecule has 0 N–H and O–H groups in total. The zero-order valence-electron chi connectivity index (χ0n) is 28.8. The zero-order chi connectivity index (χ0) is 33.0. The molecule has 4 aromatic rings. The van der Waals surface area contributed by atoms with Gasteiger partial charge < -0.3 is 9.64 Å². The third-order valence-corrected chi connectivity index (χ3v) is 12.8. The number of likely N-dealkylation sites (tertiary alicyclic amines) is 1. The fourth-order valence-corrected chi connectivity index (χ4v) is 10.4. The molecule has 1 aliphatic heterocycles. The Balaban J connectivity index is 1.22. The molecule has 250 valence electrons. The van der Waals surface area contributed by atoms with E-state index in [9.17, 15) is 4.79 Å². The van der Waals surface area contributed by atoms with Gasteiger partial charge in [0.2, 0.25) is 0 Å². The minimum absolute atomic E-state index is 0.0492. The van der Waals surface area contributed by atoms with Crippen LogP contribution in [0.3, 0.4) is 0 Å². The monoisotopic (exact) mass is 644 g/mol. The lowest BCUT2D eigenvalue weighted by molar-refractivity contribution is -0.0792. The molecule has 1 amide bonds. The molecule has 4 aliphatic rings. The summed E-state index contributed by atoms with van der Waals surface area (Å²) in [5.41, 5.74) is 4.44. The number of aromatic nitrogens is 4. The van der Waals surface area contributed by atoms with Crippen LogP contribution in [0.4, 0.5) is 0 Å². The van der Waals surface area contributed by atoms with Crippen molar-refractivity contribution in [3.05, 3.63) is 95.6 Å². The van der Waals surface area contributed by atoms with Crippen molar-refractivity contribution in [3.63, 3.8) is 0 Å². The van der Waals surface area contributed by atoms with Gasteiger partial charge in [-0.25, -0.2) is 0 Å². The van der Waals surface area contributed by atoms with Gasteiger partial charge in [0.1, 0.15) is 5.75 Å². The van der Waals surface area contributed by atoms with Crippen molar-refractivity contribution in [2.24, 2.45) is 23.2 Å². The Labute approximate surface area is 284 Å². The molecular weight excluding hydrogens is 596 g/mol. The van der Waals surface area contributed by atoms with E-state index in [1.807, 2.05) is 60.7 Å². The second kappa shape index (κ2) is 12.1. The third kappa shape index (κ3) is 4.89. The van der Waals surface area contributed by atoms with E-state index in [2.05, 4.69) is 71.3 Å². The first kappa shape index (κ1) is 31.2. The van der Waals surface area contributed by atoms with Gasteiger partial charge in [-0.15, -0.1) is 0 Å². The Morgan fingerprint density at radius 1 is 1.04 bits per heavy atom. The number of tetrazole rings is 1.